The van der Waals surface area contributed by atoms with Crippen LogP contribution in [0.5, 0.6) is 0 Å². The minimum atomic E-state index is -0.318. The summed E-state index contributed by atoms with van der Waals surface area (Å²) in [5.41, 5.74) is 10.1. The standard InChI is InChI=1S/C57H37N5/c1-3-14-37(15-4-1)55-58-56(43-25-23-36-13-7-8-16-38(36)29-43)60-57(59-55)44-26-24-42-31-46(28-27-41(42)30-44)62-51-22-12-11-21-47(51)49-34-50-48-32-39-17-9-10-18-40(39)33-52(48)61(54(50)35-53(49)62)45-19-5-2-6-20-45/h1-35,57H,(H,58,59,60). The van der Waals surface area contributed by atoms with Gasteiger partial charge in [0.15, 0.2) is 5.84 Å². The monoisotopic (exact) mass is 791 g/mol. The van der Waals surface area contributed by atoms with Crippen LogP contribution in [0.3, 0.4) is 0 Å². The van der Waals surface area contributed by atoms with E-state index in [4.69, 9.17) is 9.98 Å². The lowest BCUT2D eigenvalue weighted by Crippen LogP contribution is -2.33. The van der Waals surface area contributed by atoms with Gasteiger partial charge in [-0.2, -0.15) is 0 Å². The molecule has 13 rings (SSSR count). The first-order valence-corrected chi connectivity index (χ1v) is 21.2. The van der Waals surface area contributed by atoms with Crippen LogP contribution in [0.15, 0.2) is 222 Å². The van der Waals surface area contributed by atoms with Crippen molar-refractivity contribution in [3.05, 3.63) is 229 Å². The molecule has 0 radical (unpaired) electrons. The number of benzene rings is 10. The van der Waals surface area contributed by atoms with Crippen LogP contribution in [0.4, 0.5) is 0 Å². The van der Waals surface area contributed by atoms with E-state index in [1.165, 1.54) is 65.2 Å². The number of nitrogens with one attached hydrogen (secondary N) is 1. The molecule has 0 amide bonds. The third-order valence-electron chi connectivity index (χ3n) is 12.7. The molecule has 0 bridgehead atoms. The van der Waals surface area contributed by atoms with Gasteiger partial charge in [-0.3, -0.25) is 0 Å². The van der Waals surface area contributed by atoms with Crippen molar-refractivity contribution in [1.29, 1.82) is 0 Å². The molecule has 1 atom stereocenters. The van der Waals surface area contributed by atoms with Crippen LogP contribution in [0.2, 0.25) is 0 Å². The smallest absolute Gasteiger partial charge is 0.159 e. The Morgan fingerprint density at radius 3 is 1.76 bits per heavy atom. The van der Waals surface area contributed by atoms with Crippen LogP contribution < -0.4 is 5.32 Å². The molecule has 0 saturated heterocycles. The summed E-state index contributed by atoms with van der Waals surface area (Å²) < 4.78 is 4.87. The highest BCUT2D eigenvalue weighted by molar-refractivity contribution is 6.21. The molecule has 1 unspecified atom stereocenters. The van der Waals surface area contributed by atoms with E-state index in [0.717, 1.165) is 44.7 Å². The molecule has 5 heteroatoms. The van der Waals surface area contributed by atoms with E-state index in [0.29, 0.717) is 5.84 Å². The first kappa shape index (κ1) is 34.6. The van der Waals surface area contributed by atoms with Gasteiger partial charge in [0.1, 0.15) is 12.0 Å². The molecule has 0 spiro atoms. The molecule has 12 aromatic rings. The van der Waals surface area contributed by atoms with E-state index in [-0.39, 0.29) is 6.17 Å². The zero-order valence-electron chi connectivity index (χ0n) is 33.6. The summed E-state index contributed by atoms with van der Waals surface area (Å²) in [5.74, 6) is 1.53. The van der Waals surface area contributed by atoms with E-state index in [1.54, 1.807) is 0 Å². The van der Waals surface area contributed by atoms with Gasteiger partial charge in [0.2, 0.25) is 0 Å². The van der Waals surface area contributed by atoms with Crippen molar-refractivity contribution in [2.45, 2.75) is 6.17 Å². The maximum atomic E-state index is 5.24. The average Bonchev–Trinajstić information content (AvgIpc) is 3.83. The van der Waals surface area contributed by atoms with E-state index in [9.17, 15) is 0 Å². The molecule has 1 aliphatic rings. The molecule has 0 saturated carbocycles. The largest absolute Gasteiger partial charge is 0.344 e. The highest BCUT2D eigenvalue weighted by Gasteiger charge is 2.23. The van der Waals surface area contributed by atoms with Crippen molar-refractivity contribution < 1.29 is 0 Å². The van der Waals surface area contributed by atoms with Crippen LogP contribution >= 0.6 is 0 Å². The molecule has 0 fully saturated rings. The first-order valence-electron chi connectivity index (χ1n) is 21.2. The normalized spacial score (nSPS) is 14.3. The Morgan fingerprint density at radius 1 is 0.355 bits per heavy atom. The highest BCUT2D eigenvalue weighted by Crippen LogP contribution is 2.41. The Bertz CT molecular complexity index is 3840. The maximum absolute atomic E-state index is 5.24. The van der Waals surface area contributed by atoms with Crippen molar-refractivity contribution in [2.75, 3.05) is 0 Å². The zero-order valence-corrected chi connectivity index (χ0v) is 33.6. The average molecular weight is 792 g/mol. The number of fused-ring (bicyclic) bond motifs is 9. The topological polar surface area (TPSA) is 46.6 Å². The number of para-hydroxylation sites is 2. The molecule has 10 aromatic carbocycles. The fourth-order valence-electron chi connectivity index (χ4n) is 9.68. The van der Waals surface area contributed by atoms with Gasteiger partial charge >= 0.3 is 0 Å². The Hall–Kier alpha value is -8.28. The number of rotatable bonds is 5. The molecule has 3 heterocycles. The predicted octanol–water partition coefficient (Wildman–Crippen LogP) is 13.8. The molecule has 2 aromatic heterocycles. The molecule has 5 nitrogen and oxygen atoms in total. The van der Waals surface area contributed by atoms with Crippen LogP contribution in [-0.2, 0) is 0 Å². The van der Waals surface area contributed by atoms with Gasteiger partial charge in [-0.15, -0.1) is 0 Å². The van der Waals surface area contributed by atoms with Crippen molar-refractivity contribution in [3.63, 3.8) is 0 Å². The number of hydrogen-bond donors (Lipinski definition) is 1. The summed E-state index contributed by atoms with van der Waals surface area (Å²) in [6.45, 7) is 0. The van der Waals surface area contributed by atoms with Gasteiger partial charge in [0, 0.05) is 44.0 Å². The van der Waals surface area contributed by atoms with E-state index in [2.05, 4.69) is 209 Å². The number of hydrogen-bond acceptors (Lipinski definition) is 3. The number of aliphatic imine (C=N–C) groups is 2. The lowest BCUT2D eigenvalue weighted by Gasteiger charge is -2.24. The fraction of sp³-hybridized carbons (Fsp3) is 0.0175. The molecular weight excluding hydrogens is 755 g/mol. The predicted molar refractivity (Wildman–Crippen MR) is 259 cm³/mol. The lowest BCUT2D eigenvalue weighted by atomic mass is 10.0. The highest BCUT2D eigenvalue weighted by atomic mass is 15.2. The Kier molecular flexibility index (Phi) is 7.60. The van der Waals surface area contributed by atoms with Crippen molar-refractivity contribution in [1.82, 2.24) is 14.5 Å². The van der Waals surface area contributed by atoms with Crippen LogP contribution in [-0.4, -0.2) is 20.8 Å². The Labute approximate surface area is 357 Å². The summed E-state index contributed by atoms with van der Waals surface area (Å²) in [4.78, 5) is 10.3. The van der Waals surface area contributed by atoms with Crippen LogP contribution in [0, 0.1) is 0 Å². The van der Waals surface area contributed by atoms with Gasteiger partial charge in [-0.05, 0) is 105 Å². The SMILES string of the molecule is c1ccc(C2=NC(c3ccc4ccccc4c3)=NC(c3ccc4cc(-n5c6ccccc6c6cc7c8cc9ccccc9cc8n(-c8ccccc8)c7cc65)ccc4c3)N2)cc1. The molecular formula is C57H37N5. The third-order valence-corrected chi connectivity index (χ3v) is 12.7. The number of amidine groups is 2. The Balaban J connectivity index is 0.956. The fourth-order valence-corrected chi connectivity index (χ4v) is 9.68. The van der Waals surface area contributed by atoms with Crippen LogP contribution in [0.25, 0.3) is 87.3 Å². The summed E-state index contributed by atoms with van der Waals surface area (Å²) in [6.07, 6.45) is -0.318. The first-order chi connectivity index (χ1) is 30.7. The summed E-state index contributed by atoms with van der Waals surface area (Å²) >= 11 is 0. The van der Waals surface area contributed by atoms with Crippen LogP contribution in [0.1, 0.15) is 22.9 Å². The van der Waals surface area contributed by atoms with Gasteiger partial charge < -0.3 is 14.5 Å². The van der Waals surface area contributed by atoms with E-state index >= 15 is 0 Å². The second kappa shape index (κ2) is 13.6. The molecule has 1 aliphatic heterocycles. The minimum absolute atomic E-state index is 0.318. The Morgan fingerprint density at radius 2 is 0.935 bits per heavy atom. The molecule has 290 valence electrons. The molecule has 0 aliphatic carbocycles. The van der Waals surface area contributed by atoms with E-state index < -0.39 is 0 Å². The lowest BCUT2D eigenvalue weighted by molar-refractivity contribution is 0.675. The molecule has 1 N–H and O–H groups in total. The minimum Gasteiger partial charge on any atom is -0.344 e. The van der Waals surface area contributed by atoms with Crippen molar-refractivity contribution in [3.8, 4) is 11.4 Å². The van der Waals surface area contributed by atoms with Crippen molar-refractivity contribution >= 4 is 87.6 Å². The molecule has 62 heavy (non-hydrogen) atoms. The van der Waals surface area contributed by atoms with Gasteiger partial charge in [-0.25, -0.2) is 9.98 Å². The summed E-state index contributed by atoms with van der Waals surface area (Å²) in [6, 6.07) is 76.5. The van der Waals surface area contributed by atoms with E-state index in [1.807, 2.05) is 18.2 Å². The van der Waals surface area contributed by atoms with Gasteiger partial charge in [-0.1, -0.05) is 146 Å². The second-order valence-corrected chi connectivity index (χ2v) is 16.3. The summed E-state index contributed by atoms with van der Waals surface area (Å²) in [5, 5.41) is 15.8. The number of aromatic nitrogens is 2. The quantitative estimate of drug-likeness (QED) is 0.185. The summed E-state index contributed by atoms with van der Waals surface area (Å²) in [7, 11) is 0. The maximum Gasteiger partial charge on any atom is 0.159 e. The third kappa shape index (κ3) is 5.49. The second-order valence-electron chi connectivity index (χ2n) is 16.3. The van der Waals surface area contributed by atoms with Gasteiger partial charge in [0.05, 0.1) is 22.1 Å². The van der Waals surface area contributed by atoms with Gasteiger partial charge in [0.25, 0.3) is 0 Å². The van der Waals surface area contributed by atoms with Crippen molar-refractivity contribution in [2.24, 2.45) is 9.98 Å². The number of nitrogens with zero attached hydrogens (tertiary/aromatic N) is 4. The zero-order chi connectivity index (χ0) is 40.7.